The van der Waals surface area contributed by atoms with E-state index in [9.17, 15) is 22.4 Å². The van der Waals surface area contributed by atoms with Crippen LogP contribution in [0.1, 0.15) is 19.3 Å². The lowest BCUT2D eigenvalue weighted by Gasteiger charge is -2.15. The van der Waals surface area contributed by atoms with Gasteiger partial charge in [0, 0.05) is 31.7 Å². The highest BCUT2D eigenvalue weighted by molar-refractivity contribution is 7.89. The molecule has 0 spiro atoms. The van der Waals surface area contributed by atoms with E-state index in [1.165, 1.54) is 45.3 Å². The Balaban J connectivity index is 1.51. The van der Waals surface area contributed by atoms with Gasteiger partial charge in [-0.2, -0.15) is 4.31 Å². The molecule has 1 aromatic heterocycles. The molecule has 2 heterocycles. The van der Waals surface area contributed by atoms with Gasteiger partial charge in [-0.05, 0) is 55.3 Å². The SMILES string of the molecule is O=C(CCn1c(=O)[nH]c2cc(S(=O)(=O)N3CCCC3)ccc21)Nc1ccc(F)cc1. The molecule has 0 atom stereocenters. The minimum atomic E-state index is -3.59. The molecule has 1 amide bonds. The fraction of sp³-hybridized carbons (Fsp3) is 0.300. The van der Waals surface area contributed by atoms with Crippen LogP contribution in [0.25, 0.3) is 11.0 Å². The first-order chi connectivity index (χ1) is 14.3. The molecule has 1 aliphatic heterocycles. The molecule has 8 nitrogen and oxygen atoms in total. The van der Waals surface area contributed by atoms with Crippen molar-refractivity contribution in [2.75, 3.05) is 18.4 Å². The number of hydrogen-bond acceptors (Lipinski definition) is 4. The number of hydrogen-bond donors (Lipinski definition) is 2. The van der Waals surface area contributed by atoms with Crippen molar-refractivity contribution in [2.24, 2.45) is 0 Å². The zero-order valence-electron chi connectivity index (χ0n) is 16.1. The van der Waals surface area contributed by atoms with Gasteiger partial charge in [-0.1, -0.05) is 0 Å². The van der Waals surface area contributed by atoms with E-state index in [1.54, 1.807) is 6.07 Å². The Morgan fingerprint density at radius 1 is 1.10 bits per heavy atom. The van der Waals surface area contributed by atoms with Crippen molar-refractivity contribution in [3.8, 4) is 0 Å². The van der Waals surface area contributed by atoms with Crippen LogP contribution in [-0.2, 0) is 21.4 Å². The number of amides is 1. The van der Waals surface area contributed by atoms with Crippen molar-refractivity contribution in [3.63, 3.8) is 0 Å². The smallest absolute Gasteiger partial charge is 0.326 e. The van der Waals surface area contributed by atoms with E-state index in [0.29, 0.717) is 29.8 Å². The van der Waals surface area contributed by atoms with E-state index >= 15 is 0 Å². The predicted octanol–water partition coefficient (Wildman–Crippen LogP) is 2.28. The number of aryl methyl sites for hydroxylation is 1. The average Bonchev–Trinajstić information content (AvgIpc) is 3.36. The molecule has 0 bridgehead atoms. The summed E-state index contributed by atoms with van der Waals surface area (Å²) in [4.78, 5) is 27.3. The number of halogens is 1. The Morgan fingerprint density at radius 3 is 2.50 bits per heavy atom. The first kappa shape index (κ1) is 20.3. The monoisotopic (exact) mass is 432 g/mol. The normalized spacial score (nSPS) is 15.0. The average molecular weight is 432 g/mol. The maximum absolute atomic E-state index is 12.9. The number of rotatable bonds is 6. The number of H-pyrrole nitrogens is 1. The van der Waals surface area contributed by atoms with Crippen LogP contribution in [0.15, 0.2) is 52.2 Å². The highest BCUT2D eigenvalue weighted by atomic mass is 32.2. The number of benzene rings is 2. The zero-order chi connectivity index (χ0) is 21.3. The van der Waals surface area contributed by atoms with Gasteiger partial charge in [0.05, 0.1) is 15.9 Å². The number of sulfonamides is 1. The van der Waals surface area contributed by atoms with Crippen molar-refractivity contribution in [1.29, 1.82) is 0 Å². The summed E-state index contributed by atoms with van der Waals surface area (Å²) in [6.07, 6.45) is 1.71. The zero-order valence-corrected chi connectivity index (χ0v) is 16.9. The molecule has 2 aromatic carbocycles. The van der Waals surface area contributed by atoms with E-state index in [1.807, 2.05) is 0 Å². The second-order valence-electron chi connectivity index (χ2n) is 7.18. The summed E-state index contributed by atoms with van der Waals surface area (Å²) in [5.41, 5.74) is 0.967. The fourth-order valence-corrected chi connectivity index (χ4v) is 5.12. The molecule has 0 saturated carbocycles. The van der Waals surface area contributed by atoms with Crippen LogP contribution in [-0.4, -0.2) is 41.3 Å². The lowest BCUT2D eigenvalue weighted by molar-refractivity contribution is -0.116. The quantitative estimate of drug-likeness (QED) is 0.624. The van der Waals surface area contributed by atoms with Crippen LogP contribution in [0.3, 0.4) is 0 Å². The number of fused-ring (bicyclic) bond motifs is 1. The molecule has 4 rings (SSSR count). The molecular weight excluding hydrogens is 411 g/mol. The van der Waals surface area contributed by atoms with Gasteiger partial charge in [0.2, 0.25) is 15.9 Å². The van der Waals surface area contributed by atoms with E-state index in [0.717, 1.165) is 12.8 Å². The second-order valence-corrected chi connectivity index (χ2v) is 9.11. The number of nitrogens with one attached hydrogen (secondary N) is 2. The highest BCUT2D eigenvalue weighted by Crippen LogP contribution is 2.23. The van der Waals surface area contributed by atoms with E-state index in [-0.39, 0.29) is 23.8 Å². The molecule has 0 aliphatic carbocycles. The van der Waals surface area contributed by atoms with Crippen LogP contribution >= 0.6 is 0 Å². The third-order valence-electron chi connectivity index (χ3n) is 5.14. The topological polar surface area (TPSA) is 104 Å². The predicted molar refractivity (Wildman–Crippen MR) is 110 cm³/mol. The minimum Gasteiger partial charge on any atom is -0.326 e. The highest BCUT2D eigenvalue weighted by Gasteiger charge is 2.27. The molecule has 1 fully saturated rings. The summed E-state index contributed by atoms with van der Waals surface area (Å²) >= 11 is 0. The fourth-order valence-electron chi connectivity index (χ4n) is 3.57. The van der Waals surface area contributed by atoms with Gasteiger partial charge in [-0.25, -0.2) is 17.6 Å². The van der Waals surface area contributed by atoms with Crippen molar-refractivity contribution >= 4 is 32.7 Å². The number of imidazole rings is 1. The van der Waals surface area contributed by atoms with Gasteiger partial charge in [0.1, 0.15) is 5.82 Å². The van der Waals surface area contributed by atoms with Gasteiger partial charge >= 0.3 is 5.69 Å². The lowest BCUT2D eigenvalue weighted by atomic mass is 10.3. The molecular formula is C20H21FN4O4S. The molecule has 30 heavy (non-hydrogen) atoms. The third-order valence-corrected chi connectivity index (χ3v) is 7.03. The van der Waals surface area contributed by atoms with Gasteiger partial charge in [0.25, 0.3) is 0 Å². The summed E-state index contributed by atoms with van der Waals surface area (Å²) < 4.78 is 41.2. The van der Waals surface area contributed by atoms with E-state index < -0.39 is 21.5 Å². The molecule has 1 aliphatic rings. The van der Waals surface area contributed by atoms with Gasteiger partial charge < -0.3 is 10.3 Å². The Hall–Kier alpha value is -2.98. The van der Waals surface area contributed by atoms with Crippen LogP contribution in [0.4, 0.5) is 10.1 Å². The first-order valence-electron chi connectivity index (χ1n) is 9.63. The molecule has 1 saturated heterocycles. The molecule has 0 unspecified atom stereocenters. The number of aromatic nitrogens is 2. The standard InChI is InChI=1S/C20H21FN4O4S/c21-14-3-5-15(6-4-14)22-19(26)9-12-25-18-8-7-16(13-17(18)23-20(25)27)30(28,29)24-10-1-2-11-24/h3-8,13H,1-2,9-12H2,(H,22,26)(H,23,27). The number of carbonyl (C=O) groups is 1. The second kappa shape index (κ2) is 8.04. The van der Waals surface area contributed by atoms with Crippen LogP contribution in [0.2, 0.25) is 0 Å². The van der Waals surface area contributed by atoms with Crippen molar-refractivity contribution in [1.82, 2.24) is 13.9 Å². The number of nitrogens with zero attached hydrogens (tertiary/aromatic N) is 2. The molecule has 2 N–H and O–H groups in total. The van der Waals surface area contributed by atoms with Gasteiger partial charge in [0.15, 0.2) is 0 Å². The Labute approximate surface area is 172 Å². The van der Waals surface area contributed by atoms with Crippen molar-refractivity contribution in [2.45, 2.75) is 30.7 Å². The summed E-state index contributed by atoms with van der Waals surface area (Å²) in [5, 5.41) is 2.64. The molecule has 158 valence electrons. The molecule has 10 heteroatoms. The van der Waals surface area contributed by atoms with Crippen molar-refractivity contribution in [3.05, 3.63) is 58.8 Å². The summed E-state index contributed by atoms with van der Waals surface area (Å²) in [5.74, 6) is -0.722. The molecule has 0 radical (unpaired) electrons. The summed E-state index contributed by atoms with van der Waals surface area (Å²) in [7, 11) is -3.59. The van der Waals surface area contributed by atoms with E-state index in [4.69, 9.17) is 0 Å². The van der Waals surface area contributed by atoms with Gasteiger partial charge in [-0.3, -0.25) is 9.36 Å². The van der Waals surface area contributed by atoms with Crippen LogP contribution in [0.5, 0.6) is 0 Å². The third kappa shape index (κ3) is 4.01. The van der Waals surface area contributed by atoms with Crippen LogP contribution in [0, 0.1) is 5.82 Å². The maximum atomic E-state index is 12.9. The molecule has 3 aromatic rings. The summed E-state index contributed by atoms with van der Waals surface area (Å²) in [6, 6.07) is 9.91. The first-order valence-corrected chi connectivity index (χ1v) is 11.1. The largest absolute Gasteiger partial charge is 0.326 e. The van der Waals surface area contributed by atoms with Crippen LogP contribution < -0.4 is 11.0 Å². The summed E-state index contributed by atoms with van der Waals surface area (Å²) in [6.45, 7) is 1.12. The maximum Gasteiger partial charge on any atom is 0.326 e. The van der Waals surface area contributed by atoms with Crippen molar-refractivity contribution < 1.29 is 17.6 Å². The number of aromatic amines is 1. The Bertz CT molecular complexity index is 1240. The number of anilines is 1. The minimum absolute atomic E-state index is 0.0259. The number of carbonyl (C=O) groups excluding carboxylic acids is 1. The van der Waals surface area contributed by atoms with E-state index in [2.05, 4.69) is 10.3 Å². The van der Waals surface area contributed by atoms with Gasteiger partial charge in [-0.15, -0.1) is 0 Å². The lowest BCUT2D eigenvalue weighted by Crippen LogP contribution is -2.27. The Kier molecular flexibility index (Phi) is 5.44. The Morgan fingerprint density at radius 2 is 1.80 bits per heavy atom.